The quantitative estimate of drug-likeness (QED) is 0.561. The Morgan fingerprint density at radius 1 is 1.24 bits per heavy atom. The zero-order valence-electron chi connectivity index (χ0n) is 10.3. The predicted molar refractivity (Wildman–Crippen MR) is 65.8 cm³/mol. The summed E-state index contributed by atoms with van der Waals surface area (Å²) in [6.07, 6.45) is 1.88. The van der Waals surface area contributed by atoms with E-state index in [1.165, 1.54) is 7.11 Å². The minimum Gasteiger partial charge on any atom is -0.469 e. The molecule has 0 radical (unpaired) electrons. The lowest BCUT2D eigenvalue weighted by atomic mass is 10.0. The fourth-order valence-electron chi connectivity index (χ4n) is 1.66. The van der Waals surface area contributed by atoms with Gasteiger partial charge < -0.3 is 4.74 Å². The average molecular weight is 234 g/mol. The van der Waals surface area contributed by atoms with E-state index in [1.807, 2.05) is 37.3 Å². The van der Waals surface area contributed by atoms with Crippen molar-refractivity contribution in [3.8, 4) is 0 Å². The van der Waals surface area contributed by atoms with Gasteiger partial charge in [0.25, 0.3) is 0 Å². The molecule has 1 aromatic rings. The van der Waals surface area contributed by atoms with E-state index >= 15 is 0 Å². The van der Waals surface area contributed by atoms with Crippen LogP contribution in [0.2, 0.25) is 0 Å². The number of benzene rings is 1. The molecular weight excluding hydrogens is 216 g/mol. The average Bonchev–Trinajstić information content (AvgIpc) is 2.38. The molecule has 0 aliphatic rings. The van der Waals surface area contributed by atoms with Gasteiger partial charge in [-0.05, 0) is 12.8 Å². The molecule has 0 aliphatic heterocycles. The summed E-state index contributed by atoms with van der Waals surface area (Å²) in [7, 11) is 1.38. The lowest BCUT2D eigenvalue weighted by Gasteiger charge is -2.08. The Bertz CT molecular complexity index is 370. The van der Waals surface area contributed by atoms with Crippen molar-refractivity contribution < 1.29 is 14.3 Å². The highest BCUT2D eigenvalue weighted by Gasteiger charge is 2.13. The maximum atomic E-state index is 11.7. The van der Waals surface area contributed by atoms with E-state index in [4.69, 9.17) is 0 Å². The Kier molecular flexibility index (Phi) is 5.40. The highest BCUT2D eigenvalue weighted by molar-refractivity contribution is 5.95. The minimum atomic E-state index is -0.211. The number of methoxy groups -OCH3 is 1. The van der Waals surface area contributed by atoms with Crippen LogP contribution in [0.5, 0.6) is 0 Å². The van der Waals surface area contributed by atoms with Crippen molar-refractivity contribution in [2.45, 2.75) is 26.2 Å². The SMILES string of the molecule is COC(=O)C(C)CCCC(=O)c1ccccc1. The Morgan fingerprint density at radius 3 is 2.47 bits per heavy atom. The first-order valence-corrected chi connectivity index (χ1v) is 5.81. The van der Waals surface area contributed by atoms with Gasteiger partial charge >= 0.3 is 5.97 Å². The van der Waals surface area contributed by atoms with Gasteiger partial charge in [-0.15, -0.1) is 0 Å². The summed E-state index contributed by atoms with van der Waals surface area (Å²) in [6, 6.07) is 9.21. The molecule has 0 aliphatic carbocycles. The van der Waals surface area contributed by atoms with Gasteiger partial charge in [0.1, 0.15) is 0 Å². The summed E-state index contributed by atoms with van der Waals surface area (Å²) < 4.78 is 4.63. The topological polar surface area (TPSA) is 43.4 Å². The van der Waals surface area contributed by atoms with E-state index in [0.29, 0.717) is 19.3 Å². The lowest BCUT2D eigenvalue weighted by molar-refractivity contribution is -0.145. The number of hydrogen-bond acceptors (Lipinski definition) is 3. The first-order chi connectivity index (χ1) is 8.15. The van der Waals surface area contributed by atoms with Gasteiger partial charge in [0, 0.05) is 12.0 Å². The van der Waals surface area contributed by atoms with Gasteiger partial charge in [-0.1, -0.05) is 37.3 Å². The van der Waals surface area contributed by atoms with E-state index in [2.05, 4.69) is 4.74 Å². The Labute approximate surface area is 102 Å². The van der Waals surface area contributed by atoms with Crippen LogP contribution in [0.1, 0.15) is 36.5 Å². The molecule has 92 valence electrons. The van der Waals surface area contributed by atoms with Crippen molar-refractivity contribution in [2.24, 2.45) is 5.92 Å². The molecule has 0 aromatic heterocycles. The van der Waals surface area contributed by atoms with E-state index < -0.39 is 0 Å². The molecule has 0 fully saturated rings. The number of rotatable bonds is 6. The van der Waals surface area contributed by atoms with Gasteiger partial charge in [-0.3, -0.25) is 9.59 Å². The van der Waals surface area contributed by atoms with Crippen LogP contribution in [0.4, 0.5) is 0 Å². The number of ketones is 1. The molecule has 0 N–H and O–H groups in total. The van der Waals surface area contributed by atoms with Crippen molar-refractivity contribution in [3.05, 3.63) is 35.9 Å². The maximum Gasteiger partial charge on any atom is 0.308 e. The summed E-state index contributed by atoms with van der Waals surface area (Å²) in [4.78, 5) is 22.9. The molecule has 17 heavy (non-hydrogen) atoms. The van der Waals surface area contributed by atoms with Crippen LogP contribution in [0.15, 0.2) is 30.3 Å². The third-order valence-corrected chi connectivity index (χ3v) is 2.74. The van der Waals surface area contributed by atoms with Crippen molar-refractivity contribution in [1.29, 1.82) is 0 Å². The highest BCUT2D eigenvalue weighted by atomic mass is 16.5. The largest absolute Gasteiger partial charge is 0.469 e. The molecule has 1 unspecified atom stereocenters. The normalized spacial score (nSPS) is 11.9. The second-order valence-corrected chi connectivity index (χ2v) is 4.11. The standard InChI is InChI=1S/C14H18O3/c1-11(14(16)17-2)7-6-10-13(15)12-8-4-3-5-9-12/h3-5,8-9,11H,6-7,10H2,1-2H3. The molecule has 0 amide bonds. The Balaban J connectivity index is 2.32. The first-order valence-electron chi connectivity index (χ1n) is 5.81. The second-order valence-electron chi connectivity index (χ2n) is 4.11. The lowest BCUT2D eigenvalue weighted by Crippen LogP contribution is -2.13. The molecule has 0 spiro atoms. The van der Waals surface area contributed by atoms with Crippen LogP contribution < -0.4 is 0 Å². The maximum absolute atomic E-state index is 11.7. The van der Waals surface area contributed by atoms with Crippen molar-refractivity contribution in [1.82, 2.24) is 0 Å². The molecule has 0 saturated heterocycles. The molecule has 1 rings (SSSR count). The molecule has 0 bridgehead atoms. The zero-order valence-corrected chi connectivity index (χ0v) is 10.3. The summed E-state index contributed by atoms with van der Waals surface area (Å²) in [5, 5.41) is 0. The number of hydrogen-bond donors (Lipinski definition) is 0. The second kappa shape index (κ2) is 6.84. The summed E-state index contributed by atoms with van der Waals surface area (Å²) in [5.41, 5.74) is 0.734. The van der Waals surface area contributed by atoms with Gasteiger partial charge in [0.15, 0.2) is 5.78 Å². The van der Waals surface area contributed by atoms with Crippen molar-refractivity contribution in [2.75, 3.05) is 7.11 Å². The van der Waals surface area contributed by atoms with E-state index in [0.717, 1.165) is 5.56 Å². The van der Waals surface area contributed by atoms with Gasteiger partial charge in [0.05, 0.1) is 13.0 Å². The number of ether oxygens (including phenoxy) is 1. The fraction of sp³-hybridized carbons (Fsp3) is 0.429. The summed E-state index contributed by atoms with van der Waals surface area (Å²) >= 11 is 0. The Morgan fingerprint density at radius 2 is 1.88 bits per heavy atom. The smallest absolute Gasteiger partial charge is 0.308 e. The molecule has 0 saturated carbocycles. The molecule has 3 nitrogen and oxygen atoms in total. The number of esters is 1. The molecule has 1 atom stereocenters. The van der Waals surface area contributed by atoms with E-state index in [-0.39, 0.29) is 17.7 Å². The van der Waals surface area contributed by atoms with Crippen molar-refractivity contribution >= 4 is 11.8 Å². The van der Waals surface area contributed by atoms with Gasteiger partial charge in [-0.25, -0.2) is 0 Å². The third kappa shape index (κ3) is 4.39. The number of Topliss-reactive ketones (excluding diaryl/α,β-unsaturated/α-hetero) is 1. The fourth-order valence-corrected chi connectivity index (χ4v) is 1.66. The highest BCUT2D eigenvalue weighted by Crippen LogP contribution is 2.12. The van der Waals surface area contributed by atoms with Gasteiger partial charge in [-0.2, -0.15) is 0 Å². The number of carbonyl (C=O) groups excluding carboxylic acids is 2. The molecule has 0 heterocycles. The van der Waals surface area contributed by atoms with Gasteiger partial charge in [0.2, 0.25) is 0 Å². The van der Waals surface area contributed by atoms with E-state index in [1.54, 1.807) is 0 Å². The van der Waals surface area contributed by atoms with Crippen LogP contribution in [0, 0.1) is 5.92 Å². The predicted octanol–water partition coefficient (Wildman–Crippen LogP) is 2.85. The van der Waals surface area contributed by atoms with Crippen LogP contribution >= 0.6 is 0 Å². The zero-order chi connectivity index (χ0) is 12.7. The van der Waals surface area contributed by atoms with E-state index in [9.17, 15) is 9.59 Å². The molecule has 3 heteroatoms. The van der Waals surface area contributed by atoms with Crippen LogP contribution in [-0.2, 0) is 9.53 Å². The van der Waals surface area contributed by atoms with Crippen LogP contribution in [0.3, 0.4) is 0 Å². The first kappa shape index (κ1) is 13.4. The van der Waals surface area contributed by atoms with Crippen LogP contribution in [-0.4, -0.2) is 18.9 Å². The Hall–Kier alpha value is -1.64. The summed E-state index contributed by atoms with van der Waals surface area (Å²) in [6.45, 7) is 1.82. The molecular formula is C14H18O3. The minimum absolute atomic E-state index is 0.127. The molecule has 1 aromatic carbocycles. The van der Waals surface area contributed by atoms with Crippen molar-refractivity contribution in [3.63, 3.8) is 0 Å². The van der Waals surface area contributed by atoms with Crippen LogP contribution in [0.25, 0.3) is 0 Å². The monoisotopic (exact) mass is 234 g/mol. The number of carbonyl (C=O) groups is 2. The summed E-state index contributed by atoms with van der Waals surface area (Å²) in [5.74, 6) is -0.219. The third-order valence-electron chi connectivity index (χ3n) is 2.74.